The maximum Gasteiger partial charge on any atom is 0.258 e. The number of hydrogen-bond donors (Lipinski definition) is 2. The summed E-state index contributed by atoms with van der Waals surface area (Å²) in [7, 11) is 0. The van der Waals surface area contributed by atoms with E-state index in [9.17, 15) is 14.3 Å². The van der Waals surface area contributed by atoms with Crippen LogP contribution in [-0.2, 0) is 0 Å². The molecule has 1 rings (SSSR count). The molecule has 1 aromatic carbocycles. The summed E-state index contributed by atoms with van der Waals surface area (Å²) < 4.78 is 13.3. The standard InChI is InChI=1S/C12H15ClFNO2/c1-8(13)4-3-7-15-12(17)11-9(14)5-2-6-10(11)16/h2,5-6,8,16H,3-4,7H2,1H3,(H,15,17). The fraction of sp³-hybridized carbons (Fsp3) is 0.417. The number of halogens is 2. The Balaban J connectivity index is 2.53. The lowest BCUT2D eigenvalue weighted by molar-refractivity contribution is 0.0946. The van der Waals surface area contributed by atoms with Gasteiger partial charge in [-0.1, -0.05) is 6.07 Å². The molecule has 0 aliphatic rings. The Morgan fingerprint density at radius 3 is 2.88 bits per heavy atom. The number of alkyl halides is 1. The minimum atomic E-state index is -0.729. The fourth-order valence-corrected chi connectivity index (χ4v) is 1.57. The van der Waals surface area contributed by atoms with E-state index in [1.54, 1.807) is 0 Å². The smallest absolute Gasteiger partial charge is 0.258 e. The predicted molar refractivity (Wildman–Crippen MR) is 64.9 cm³/mol. The second kappa shape index (κ2) is 6.45. The average molecular weight is 260 g/mol. The first-order chi connectivity index (χ1) is 8.02. The molecular formula is C12H15ClFNO2. The van der Waals surface area contributed by atoms with E-state index in [0.717, 1.165) is 12.5 Å². The van der Waals surface area contributed by atoms with Gasteiger partial charge in [0.1, 0.15) is 17.1 Å². The molecule has 94 valence electrons. The van der Waals surface area contributed by atoms with Crippen molar-refractivity contribution in [2.45, 2.75) is 25.1 Å². The van der Waals surface area contributed by atoms with E-state index < -0.39 is 11.7 Å². The molecule has 0 fully saturated rings. The van der Waals surface area contributed by atoms with E-state index in [2.05, 4.69) is 5.32 Å². The molecule has 0 saturated heterocycles. The molecule has 0 aliphatic heterocycles. The van der Waals surface area contributed by atoms with E-state index in [-0.39, 0.29) is 16.7 Å². The summed E-state index contributed by atoms with van der Waals surface area (Å²) >= 11 is 5.75. The quantitative estimate of drug-likeness (QED) is 0.631. The van der Waals surface area contributed by atoms with Crippen LogP contribution < -0.4 is 5.32 Å². The van der Waals surface area contributed by atoms with Gasteiger partial charge in [0.25, 0.3) is 5.91 Å². The van der Waals surface area contributed by atoms with Gasteiger partial charge in [-0.15, -0.1) is 11.6 Å². The van der Waals surface area contributed by atoms with Gasteiger partial charge >= 0.3 is 0 Å². The van der Waals surface area contributed by atoms with Gasteiger partial charge in [-0.3, -0.25) is 4.79 Å². The summed E-state index contributed by atoms with van der Waals surface area (Å²) in [5, 5.41) is 12.0. The SMILES string of the molecule is CC(Cl)CCCNC(=O)c1c(O)cccc1F. The number of nitrogens with one attached hydrogen (secondary N) is 1. The summed E-state index contributed by atoms with van der Waals surface area (Å²) in [4.78, 5) is 11.6. The highest BCUT2D eigenvalue weighted by molar-refractivity contribution is 6.20. The van der Waals surface area contributed by atoms with Crippen LogP contribution in [0.4, 0.5) is 4.39 Å². The number of rotatable bonds is 5. The van der Waals surface area contributed by atoms with Crippen LogP contribution in [0, 0.1) is 5.82 Å². The number of carbonyl (C=O) groups is 1. The van der Waals surface area contributed by atoms with Gasteiger partial charge in [0, 0.05) is 11.9 Å². The number of amides is 1. The lowest BCUT2D eigenvalue weighted by atomic mass is 10.1. The van der Waals surface area contributed by atoms with E-state index in [1.165, 1.54) is 12.1 Å². The predicted octanol–water partition coefficient (Wildman–Crippen LogP) is 2.67. The average Bonchev–Trinajstić information content (AvgIpc) is 2.24. The van der Waals surface area contributed by atoms with Crippen LogP contribution in [0.1, 0.15) is 30.1 Å². The maximum absolute atomic E-state index is 13.3. The number of benzene rings is 1. The third kappa shape index (κ3) is 4.23. The van der Waals surface area contributed by atoms with Crippen molar-refractivity contribution in [3.8, 4) is 5.75 Å². The second-order valence-electron chi connectivity index (χ2n) is 3.81. The van der Waals surface area contributed by atoms with Crippen LogP contribution in [0.2, 0.25) is 0 Å². The Labute approximate surface area is 105 Å². The molecule has 1 aromatic rings. The molecule has 0 spiro atoms. The summed E-state index contributed by atoms with van der Waals surface area (Å²) in [6, 6.07) is 3.75. The van der Waals surface area contributed by atoms with Crippen molar-refractivity contribution in [1.82, 2.24) is 5.32 Å². The van der Waals surface area contributed by atoms with Gasteiger partial charge in [0.15, 0.2) is 0 Å². The van der Waals surface area contributed by atoms with Crippen LogP contribution in [0.25, 0.3) is 0 Å². The zero-order chi connectivity index (χ0) is 12.8. The molecule has 5 heteroatoms. The van der Waals surface area contributed by atoms with E-state index in [1.807, 2.05) is 6.92 Å². The minimum Gasteiger partial charge on any atom is -0.507 e. The van der Waals surface area contributed by atoms with E-state index in [0.29, 0.717) is 13.0 Å². The molecule has 0 saturated carbocycles. The highest BCUT2D eigenvalue weighted by Gasteiger charge is 2.15. The number of carbonyl (C=O) groups excluding carboxylic acids is 1. The lowest BCUT2D eigenvalue weighted by Crippen LogP contribution is -2.25. The van der Waals surface area contributed by atoms with Crippen molar-refractivity contribution in [2.75, 3.05) is 6.54 Å². The van der Waals surface area contributed by atoms with Crippen LogP contribution in [-0.4, -0.2) is 22.9 Å². The highest BCUT2D eigenvalue weighted by Crippen LogP contribution is 2.19. The van der Waals surface area contributed by atoms with Gasteiger partial charge in [-0.25, -0.2) is 4.39 Å². The Kier molecular flexibility index (Phi) is 5.22. The van der Waals surface area contributed by atoms with Gasteiger partial charge in [0.05, 0.1) is 0 Å². The van der Waals surface area contributed by atoms with Crippen LogP contribution in [0.5, 0.6) is 5.75 Å². The first-order valence-electron chi connectivity index (χ1n) is 5.42. The van der Waals surface area contributed by atoms with Crippen molar-refractivity contribution in [3.63, 3.8) is 0 Å². The third-order valence-corrected chi connectivity index (χ3v) is 2.50. The lowest BCUT2D eigenvalue weighted by Gasteiger charge is -2.08. The summed E-state index contributed by atoms with van der Waals surface area (Å²) in [5.41, 5.74) is -0.313. The van der Waals surface area contributed by atoms with E-state index in [4.69, 9.17) is 11.6 Å². The topological polar surface area (TPSA) is 49.3 Å². The van der Waals surface area contributed by atoms with Crippen LogP contribution >= 0.6 is 11.6 Å². The Morgan fingerprint density at radius 1 is 1.59 bits per heavy atom. The van der Waals surface area contributed by atoms with Gasteiger partial charge in [0.2, 0.25) is 0 Å². The Bertz CT molecular complexity index is 376. The summed E-state index contributed by atoms with van der Waals surface area (Å²) in [5.74, 6) is -1.69. The Hall–Kier alpha value is -1.29. The highest BCUT2D eigenvalue weighted by atomic mass is 35.5. The molecule has 3 nitrogen and oxygen atoms in total. The van der Waals surface area contributed by atoms with Crippen molar-refractivity contribution >= 4 is 17.5 Å². The first kappa shape index (κ1) is 13.8. The van der Waals surface area contributed by atoms with Gasteiger partial charge in [-0.2, -0.15) is 0 Å². The molecule has 17 heavy (non-hydrogen) atoms. The molecule has 0 radical (unpaired) electrons. The van der Waals surface area contributed by atoms with Crippen molar-refractivity contribution in [2.24, 2.45) is 0 Å². The molecule has 0 bridgehead atoms. The number of phenolic OH excluding ortho intramolecular Hbond substituents is 1. The fourth-order valence-electron chi connectivity index (χ4n) is 1.41. The monoisotopic (exact) mass is 259 g/mol. The minimum absolute atomic E-state index is 0.0498. The first-order valence-corrected chi connectivity index (χ1v) is 5.85. The van der Waals surface area contributed by atoms with Gasteiger partial charge < -0.3 is 10.4 Å². The van der Waals surface area contributed by atoms with Crippen molar-refractivity contribution in [3.05, 3.63) is 29.6 Å². The number of aromatic hydroxyl groups is 1. The molecule has 1 unspecified atom stereocenters. The molecule has 0 aliphatic carbocycles. The molecular weight excluding hydrogens is 245 g/mol. The largest absolute Gasteiger partial charge is 0.507 e. The van der Waals surface area contributed by atoms with Crippen LogP contribution in [0.15, 0.2) is 18.2 Å². The summed E-state index contributed by atoms with van der Waals surface area (Å²) in [6.07, 6.45) is 1.48. The molecule has 2 N–H and O–H groups in total. The van der Waals surface area contributed by atoms with Gasteiger partial charge in [-0.05, 0) is 31.9 Å². The second-order valence-corrected chi connectivity index (χ2v) is 4.56. The van der Waals surface area contributed by atoms with Crippen molar-refractivity contribution < 1.29 is 14.3 Å². The third-order valence-electron chi connectivity index (χ3n) is 2.28. The zero-order valence-corrected chi connectivity index (χ0v) is 10.3. The number of hydrogen-bond acceptors (Lipinski definition) is 2. The molecule has 1 atom stereocenters. The van der Waals surface area contributed by atoms with Crippen LogP contribution in [0.3, 0.4) is 0 Å². The Morgan fingerprint density at radius 2 is 2.29 bits per heavy atom. The van der Waals surface area contributed by atoms with E-state index >= 15 is 0 Å². The molecule has 1 amide bonds. The summed E-state index contributed by atoms with van der Waals surface area (Å²) in [6.45, 7) is 2.27. The molecule has 0 heterocycles. The molecule has 0 aromatic heterocycles. The zero-order valence-electron chi connectivity index (χ0n) is 9.54. The maximum atomic E-state index is 13.3. The number of phenols is 1. The normalized spacial score (nSPS) is 12.2. The van der Waals surface area contributed by atoms with Crippen molar-refractivity contribution in [1.29, 1.82) is 0 Å².